The molecule has 3 nitrogen and oxygen atoms in total. The molecular weight excluding hydrogens is 127 g/mol. The van der Waals surface area contributed by atoms with Crippen LogP contribution in [0.2, 0.25) is 0 Å². The first-order valence-electron chi connectivity index (χ1n) is 1.32. The van der Waals surface area contributed by atoms with Gasteiger partial charge < -0.3 is 0 Å². The molecule has 0 aliphatic rings. The van der Waals surface area contributed by atoms with Gasteiger partial charge in [0.25, 0.3) is 0 Å². The van der Waals surface area contributed by atoms with Gasteiger partial charge in [-0.25, -0.2) is 0 Å². The van der Waals surface area contributed by atoms with Crippen LogP contribution in [-0.4, -0.2) is 48.0 Å². The molecule has 0 bridgehead atoms. The first-order chi connectivity index (χ1) is 2.81. The maximum Gasteiger partial charge on any atom is 0.304 e. The van der Waals surface area contributed by atoms with Gasteiger partial charge in [0.15, 0.2) is 0 Å². The Balaban J connectivity index is 0. The third-order valence-corrected chi connectivity index (χ3v) is 0.816. The molecule has 0 atom stereocenters. The van der Waals surface area contributed by atoms with Crippen molar-refractivity contribution in [1.29, 1.82) is 0 Å². The normalized spacial score (nSPS) is 8.43. The zero-order valence-corrected chi connectivity index (χ0v) is 7.45. The fourth-order valence-corrected chi connectivity index (χ4v) is 0.204. The molecule has 0 aromatic rings. The van der Waals surface area contributed by atoms with Gasteiger partial charge in [0, 0.05) is 29.6 Å². The van der Waals surface area contributed by atoms with E-state index in [0.717, 1.165) is 0 Å². The molecule has 0 heterocycles. The molecule has 0 rings (SSSR count). The average molecular weight is 133 g/mol. The number of hydrogen-bond donors (Lipinski definition) is 0. The quantitative estimate of drug-likeness (QED) is 0.475. The van der Waals surface area contributed by atoms with E-state index in [1.807, 2.05) is 0 Å². The molecule has 0 saturated heterocycles. The Hall–Kier alpha value is 1.07. The molecule has 0 aliphatic carbocycles. The van der Waals surface area contributed by atoms with Crippen LogP contribution in [0, 0.1) is 0 Å². The second kappa shape index (κ2) is 7.07. The van der Waals surface area contributed by atoms with Crippen molar-refractivity contribution in [1.82, 2.24) is 0 Å². The van der Waals surface area contributed by atoms with Gasteiger partial charge in [-0.15, -0.1) is 0 Å². The Kier molecular flexibility index (Phi) is 11.1. The van der Waals surface area contributed by atoms with Crippen LogP contribution in [0.4, 0.5) is 0 Å². The molecule has 0 unspecified atom stereocenters. The van der Waals surface area contributed by atoms with E-state index in [1.54, 1.807) is 0 Å². The summed E-state index contributed by atoms with van der Waals surface area (Å²) in [4.78, 5) is 0. The third kappa shape index (κ3) is 7.07. The minimum absolute atomic E-state index is 0. The van der Waals surface area contributed by atoms with Crippen molar-refractivity contribution in [2.75, 3.05) is 14.2 Å². The Morgan fingerprint density at radius 1 is 1.29 bits per heavy atom. The van der Waals surface area contributed by atoms with Crippen molar-refractivity contribution >= 4 is 40.9 Å². The van der Waals surface area contributed by atoms with E-state index >= 15 is 0 Å². The second-order valence-electron chi connectivity index (χ2n) is 0.537. The molecular formula is C2H6NaO3S. The van der Waals surface area contributed by atoms with Crippen LogP contribution >= 0.6 is 0 Å². The van der Waals surface area contributed by atoms with Crippen molar-refractivity contribution in [2.45, 2.75) is 0 Å². The van der Waals surface area contributed by atoms with Crippen LogP contribution in [0.25, 0.3) is 0 Å². The predicted molar refractivity (Wildman–Crippen MR) is 27.9 cm³/mol. The van der Waals surface area contributed by atoms with E-state index in [9.17, 15) is 4.21 Å². The minimum atomic E-state index is -1.53. The maximum absolute atomic E-state index is 9.85. The zero-order chi connectivity index (χ0) is 4.99. The smallest absolute Gasteiger partial charge is 0.272 e. The topological polar surface area (TPSA) is 35.5 Å². The molecule has 5 heteroatoms. The first kappa shape index (κ1) is 10.9. The minimum Gasteiger partial charge on any atom is -0.272 e. The van der Waals surface area contributed by atoms with Crippen molar-refractivity contribution in [2.24, 2.45) is 0 Å². The van der Waals surface area contributed by atoms with Gasteiger partial charge in [0.05, 0.1) is 14.2 Å². The molecule has 0 aromatic heterocycles. The standard InChI is InChI=1S/C2H6O3S.Na/c1-4-6(3)5-2;/h1-2H3;. The molecule has 39 valence electrons. The van der Waals surface area contributed by atoms with E-state index in [-0.39, 0.29) is 29.6 Å². The number of rotatable bonds is 2. The van der Waals surface area contributed by atoms with Crippen LogP contribution in [0.5, 0.6) is 0 Å². The van der Waals surface area contributed by atoms with Gasteiger partial charge in [0.1, 0.15) is 0 Å². The molecule has 0 fully saturated rings. The predicted octanol–water partition coefficient (Wildman–Crippen LogP) is -0.523. The summed E-state index contributed by atoms with van der Waals surface area (Å²) in [6, 6.07) is 0. The summed E-state index contributed by atoms with van der Waals surface area (Å²) in [6.45, 7) is 0. The fourth-order valence-electron chi connectivity index (χ4n) is 0.0680. The largest absolute Gasteiger partial charge is 0.304 e. The maximum atomic E-state index is 9.85. The molecule has 7 heavy (non-hydrogen) atoms. The van der Waals surface area contributed by atoms with Gasteiger partial charge in [0.2, 0.25) is 0 Å². The van der Waals surface area contributed by atoms with Gasteiger partial charge in [-0.2, -0.15) is 4.21 Å². The summed E-state index contributed by atoms with van der Waals surface area (Å²) in [6.07, 6.45) is 0. The van der Waals surface area contributed by atoms with Crippen LogP contribution in [-0.2, 0) is 19.7 Å². The molecule has 0 N–H and O–H groups in total. The van der Waals surface area contributed by atoms with E-state index in [0.29, 0.717) is 0 Å². The molecule has 1 radical (unpaired) electrons. The number of hydrogen-bond acceptors (Lipinski definition) is 3. The van der Waals surface area contributed by atoms with E-state index < -0.39 is 11.4 Å². The van der Waals surface area contributed by atoms with E-state index in [2.05, 4.69) is 8.37 Å². The van der Waals surface area contributed by atoms with E-state index in [1.165, 1.54) is 14.2 Å². The molecule has 0 amide bonds. The van der Waals surface area contributed by atoms with Crippen LogP contribution in [0.3, 0.4) is 0 Å². The zero-order valence-electron chi connectivity index (χ0n) is 4.63. The van der Waals surface area contributed by atoms with Crippen molar-refractivity contribution in [3.05, 3.63) is 0 Å². The molecule has 0 aliphatic heterocycles. The first-order valence-corrected chi connectivity index (χ1v) is 2.32. The average Bonchev–Trinajstić information content (AvgIpc) is 1.65. The van der Waals surface area contributed by atoms with Crippen LogP contribution in [0.1, 0.15) is 0 Å². The fraction of sp³-hybridized carbons (Fsp3) is 1.00. The molecule has 0 aromatic carbocycles. The van der Waals surface area contributed by atoms with Crippen LogP contribution < -0.4 is 0 Å². The van der Waals surface area contributed by atoms with Gasteiger partial charge >= 0.3 is 11.4 Å². The Morgan fingerprint density at radius 3 is 1.57 bits per heavy atom. The van der Waals surface area contributed by atoms with Crippen molar-refractivity contribution < 1.29 is 12.6 Å². The third-order valence-electron chi connectivity index (χ3n) is 0.272. The molecule has 0 spiro atoms. The summed E-state index contributed by atoms with van der Waals surface area (Å²) in [5, 5.41) is 0. The Morgan fingerprint density at radius 2 is 1.57 bits per heavy atom. The van der Waals surface area contributed by atoms with Gasteiger partial charge in [-0.3, -0.25) is 8.37 Å². The summed E-state index contributed by atoms with van der Waals surface area (Å²) in [5.74, 6) is 0. The second-order valence-corrected chi connectivity index (χ2v) is 1.61. The van der Waals surface area contributed by atoms with Crippen LogP contribution in [0.15, 0.2) is 0 Å². The van der Waals surface area contributed by atoms with Gasteiger partial charge in [-0.1, -0.05) is 0 Å². The molecule has 0 saturated carbocycles. The van der Waals surface area contributed by atoms with Gasteiger partial charge in [-0.05, 0) is 0 Å². The monoisotopic (exact) mass is 133 g/mol. The Labute approximate surface area is 67.5 Å². The Bertz CT molecular complexity index is 50.9. The summed E-state index contributed by atoms with van der Waals surface area (Å²) < 4.78 is 18.1. The van der Waals surface area contributed by atoms with Crippen molar-refractivity contribution in [3.8, 4) is 0 Å². The summed E-state index contributed by atoms with van der Waals surface area (Å²) in [7, 11) is 2.61. The van der Waals surface area contributed by atoms with Crippen molar-refractivity contribution in [3.63, 3.8) is 0 Å². The van der Waals surface area contributed by atoms with E-state index in [4.69, 9.17) is 0 Å². The summed E-state index contributed by atoms with van der Waals surface area (Å²) >= 11 is -1.53. The SMILES string of the molecule is COS(=O)OC.[Na]. The summed E-state index contributed by atoms with van der Waals surface area (Å²) in [5.41, 5.74) is 0.